The third-order valence-electron chi connectivity index (χ3n) is 3.52. The zero-order valence-electron chi connectivity index (χ0n) is 15.6. The van der Waals surface area contributed by atoms with Gasteiger partial charge in [0.1, 0.15) is 11.4 Å². The highest BCUT2D eigenvalue weighted by Gasteiger charge is 2.16. The minimum atomic E-state index is -0.562. The lowest BCUT2D eigenvalue weighted by Gasteiger charge is -2.23. The molecule has 1 amide bonds. The molecule has 0 atom stereocenters. The molecule has 0 aliphatic rings. The Bertz CT molecular complexity index is 839. The first kappa shape index (κ1) is 20.8. The first-order valence-corrected chi connectivity index (χ1v) is 9.19. The number of nitrogens with one attached hydrogen (secondary N) is 1. The number of benzene rings is 2. The van der Waals surface area contributed by atoms with E-state index in [1.54, 1.807) is 39.0 Å². The van der Waals surface area contributed by atoms with E-state index in [4.69, 9.17) is 11.2 Å². The van der Waals surface area contributed by atoms with E-state index in [-0.39, 0.29) is 5.82 Å². The van der Waals surface area contributed by atoms with E-state index in [1.165, 1.54) is 6.07 Å². The summed E-state index contributed by atoms with van der Waals surface area (Å²) in [5.74, 6) is 2.30. The van der Waals surface area contributed by atoms with Crippen LogP contribution < -0.4 is 10.2 Å². The van der Waals surface area contributed by atoms with E-state index in [0.29, 0.717) is 23.2 Å². The van der Waals surface area contributed by atoms with Gasteiger partial charge in [-0.25, -0.2) is 9.18 Å². The normalized spacial score (nSPS) is 10.8. The second kappa shape index (κ2) is 8.92. The zero-order chi connectivity index (χ0) is 20.0. The minimum Gasteiger partial charge on any atom is -0.444 e. The Hall–Kier alpha value is -2.52. The van der Waals surface area contributed by atoms with Crippen molar-refractivity contribution >= 4 is 33.4 Å². The molecule has 2 rings (SSSR count). The lowest BCUT2D eigenvalue weighted by atomic mass is 10.2. The van der Waals surface area contributed by atoms with Gasteiger partial charge in [0.15, 0.2) is 0 Å². The van der Waals surface area contributed by atoms with Gasteiger partial charge in [-0.1, -0.05) is 12.0 Å². The van der Waals surface area contributed by atoms with Gasteiger partial charge in [-0.05, 0) is 78.7 Å². The van der Waals surface area contributed by atoms with Gasteiger partial charge in [0.05, 0.1) is 11.0 Å². The SMILES string of the molecule is C#CCN(Cc1ccc(Br)c(F)c1)c1ccc(NC(=O)OC(C)(C)C)cc1. The summed E-state index contributed by atoms with van der Waals surface area (Å²) in [5.41, 5.74) is 1.73. The molecule has 0 aliphatic heterocycles. The van der Waals surface area contributed by atoms with Crippen molar-refractivity contribution in [2.24, 2.45) is 0 Å². The van der Waals surface area contributed by atoms with Crippen molar-refractivity contribution in [3.8, 4) is 12.3 Å². The van der Waals surface area contributed by atoms with Crippen LogP contribution in [0.1, 0.15) is 26.3 Å². The van der Waals surface area contributed by atoms with Gasteiger partial charge in [-0.15, -0.1) is 6.42 Å². The fourth-order valence-corrected chi connectivity index (χ4v) is 2.63. The molecule has 1 N–H and O–H groups in total. The molecule has 2 aromatic rings. The monoisotopic (exact) mass is 432 g/mol. The molecular formula is C21H22BrFN2O2. The van der Waals surface area contributed by atoms with Crippen molar-refractivity contribution < 1.29 is 13.9 Å². The van der Waals surface area contributed by atoms with Crippen LogP contribution in [0.2, 0.25) is 0 Å². The minimum absolute atomic E-state index is 0.315. The molecule has 0 saturated heterocycles. The molecule has 0 bridgehead atoms. The van der Waals surface area contributed by atoms with Gasteiger partial charge in [-0.2, -0.15) is 0 Å². The number of carbonyl (C=O) groups is 1. The average molecular weight is 433 g/mol. The molecule has 0 fully saturated rings. The summed E-state index contributed by atoms with van der Waals surface area (Å²) in [6.45, 7) is 6.25. The molecule has 0 saturated carbocycles. The average Bonchev–Trinajstić information content (AvgIpc) is 2.57. The third kappa shape index (κ3) is 6.61. The number of hydrogen-bond acceptors (Lipinski definition) is 3. The summed E-state index contributed by atoms with van der Waals surface area (Å²) >= 11 is 3.15. The fraction of sp³-hybridized carbons (Fsp3) is 0.286. The van der Waals surface area contributed by atoms with Crippen molar-refractivity contribution in [1.29, 1.82) is 0 Å². The largest absolute Gasteiger partial charge is 0.444 e. The summed E-state index contributed by atoms with van der Waals surface area (Å²) in [4.78, 5) is 13.8. The van der Waals surface area contributed by atoms with Gasteiger partial charge < -0.3 is 9.64 Å². The smallest absolute Gasteiger partial charge is 0.412 e. The van der Waals surface area contributed by atoms with Crippen LogP contribution in [0, 0.1) is 18.2 Å². The molecule has 27 heavy (non-hydrogen) atoms. The number of halogens is 2. The van der Waals surface area contributed by atoms with Crippen LogP contribution in [0.4, 0.5) is 20.6 Å². The predicted octanol–water partition coefficient (Wildman–Crippen LogP) is 5.58. The van der Waals surface area contributed by atoms with Gasteiger partial charge in [-0.3, -0.25) is 5.32 Å². The predicted molar refractivity (Wildman–Crippen MR) is 110 cm³/mol. The summed E-state index contributed by atoms with van der Waals surface area (Å²) < 4.78 is 19.4. The molecule has 0 heterocycles. The van der Waals surface area contributed by atoms with Crippen molar-refractivity contribution in [2.75, 3.05) is 16.8 Å². The Kier molecular flexibility index (Phi) is 6.86. The van der Waals surface area contributed by atoms with Crippen LogP contribution in [-0.2, 0) is 11.3 Å². The van der Waals surface area contributed by atoms with Crippen molar-refractivity contribution in [3.63, 3.8) is 0 Å². The van der Waals surface area contributed by atoms with E-state index >= 15 is 0 Å². The van der Waals surface area contributed by atoms with Crippen molar-refractivity contribution in [3.05, 3.63) is 58.3 Å². The second-order valence-corrected chi connectivity index (χ2v) is 7.84. The molecule has 4 nitrogen and oxygen atoms in total. The maximum Gasteiger partial charge on any atom is 0.412 e. The first-order chi connectivity index (χ1) is 12.7. The third-order valence-corrected chi connectivity index (χ3v) is 4.16. The number of amides is 1. The number of carbonyl (C=O) groups excluding carboxylic acids is 1. The molecule has 0 spiro atoms. The number of anilines is 2. The Labute approximate surface area is 167 Å². The molecule has 0 aromatic heterocycles. The molecule has 0 unspecified atom stereocenters. The van der Waals surface area contributed by atoms with Crippen LogP contribution in [-0.4, -0.2) is 18.2 Å². The summed E-state index contributed by atoms with van der Waals surface area (Å²) in [7, 11) is 0. The number of ether oxygens (including phenoxy) is 1. The van der Waals surface area contributed by atoms with Crippen LogP contribution in [0.15, 0.2) is 46.9 Å². The van der Waals surface area contributed by atoms with Gasteiger partial charge in [0.2, 0.25) is 0 Å². The summed E-state index contributed by atoms with van der Waals surface area (Å²) in [5, 5.41) is 2.69. The number of terminal acetylenes is 1. The Balaban J connectivity index is 2.10. The summed E-state index contributed by atoms with van der Waals surface area (Å²) in [6, 6.07) is 12.2. The number of nitrogens with zero attached hydrogens (tertiary/aromatic N) is 1. The highest BCUT2D eigenvalue weighted by molar-refractivity contribution is 9.10. The van der Waals surface area contributed by atoms with Crippen LogP contribution in [0.3, 0.4) is 0 Å². The van der Waals surface area contributed by atoms with E-state index < -0.39 is 11.7 Å². The molecule has 2 aromatic carbocycles. The molecular weight excluding hydrogens is 411 g/mol. The molecule has 142 valence electrons. The van der Waals surface area contributed by atoms with Gasteiger partial charge in [0.25, 0.3) is 0 Å². The Morgan fingerprint density at radius 2 is 1.93 bits per heavy atom. The Morgan fingerprint density at radius 1 is 1.26 bits per heavy atom. The highest BCUT2D eigenvalue weighted by atomic mass is 79.9. The number of rotatable bonds is 5. The Morgan fingerprint density at radius 3 is 2.48 bits per heavy atom. The van der Waals surface area contributed by atoms with Crippen molar-refractivity contribution in [2.45, 2.75) is 32.9 Å². The maximum absolute atomic E-state index is 13.8. The lowest BCUT2D eigenvalue weighted by Crippen LogP contribution is -2.27. The number of hydrogen-bond donors (Lipinski definition) is 1. The van der Waals surface area contributed by atoms with E-state index in [2.05, 4.69) is 27.2 Å². The van der Waals surface area contributed by atoms with Gasteiger partial charge >= 0.3 is 6.09 Å². The van der Waals surface area contributed by atoms with Crippen LogP contribution in [0.5, 0.6) is 0 Å². The molecule has 0 aliphatic carbocycles. The fourth-order valence-electron chi connectivity index (χ4n) is 2.38. The van der Waals surface area contributed by atoms with E-state index in [1.807, 2.05) is 23.1 Å². The first-order valence-electron chi connectivity index (χ1n) is 8.40. The zero-order valence-corrected chi connectivity index (χ0v) is 17.1. The molecule has 6 heteroatoms. The van der Waals surface area contributed by atoms with Crippen LogP contribution >= 0.6 is 15.9 Å². The maximum atomic E-state index is 13.8. The van der Waals surface area contributed by atoms with E-state index in [9.17, 15) is 9.18 Å². The highest BCUT2D eigenvalue weighted by Crippen LogP contribution is 2.22. The van der Waals surface area contributed by atoms with Gasteiger partial charge in [0, 0.05) is 17.9 Å². The van der Waals surface area contributed by atoms with Crippen molar-refractivity contribution in [1.82, 2.24) is 0 Å². The quantitative estimate of drug-likeness (QED) is 0.627. The van der Waals surface area contributed by atoms with Crippen LogP contribution in [0.25, 0.3) is 0 Å². The lowest BCUT2D eigenvalue weighted by molar-refractivity contribution is 0.0636. The molecule has 0 radical (unpaired) electrons. The van der Waals surface area contributed by atoms with E-state index in [0.717, 1.165) is 11.3 Å². The standard InChI is InChI=1S/C21H22BrFN2O2/c1-5-12-25(14-15-6-11-18(22)19(23)13-15)17-9-7-16(8-10-17)24-20(26)27-21(2,3)4/h1,6-11,13H,12,14H2,2-4H3,(H,24,26). The second-order valence-electron chi connectivity index (χ2n) is 6.98. The summed E-state index contributed by atoms with van der Waals surface area (Å²) in [6.07, 6.45) is 4.97. The topological polar surface area (TPSA) is 41.6 Å².